The second-order valence-electron chi connectivity index (χ2n) is 8.18. The fourth-order valence-corrected chi connectivity index (χ4v) is 4.46. The van der Waals surface area contributed by atoms with Crippen LogP contribution in [0.25, 0.3) is 11.6 Å². The molecule has 5 nitrogen and oxygen atoms in total. The molecule has 0 saturated heterocycles. The van der Waals surface area contributed by atoms with Gasteiger partial charge in [-0.15, -0.1) is 0 Å². The van der Waals surface area contributed by atoms with Crippen LogP contribution < -0.4 is 18.9 Å². The lowest BCUT2D eigenvalue weighted by molar-refractivity contribution is 0.0875. The van der Waals surface area contributed by atoms with Crippen molar-refractivity contribution in [1.29, 1.82) is 0 Å². The Hall–Kier alpha value is -3.44. The van der Waals surface area contributed by atoms with Crippen LogP contribution in [0.3, 0.4) is 0 Å². The first-order valence-electron chi connectivity index (χ1n) is 10.8. The average molecular weight is 430 g/mol. The van der Waals surface area contributed by atoms with Gasteiger partial charge in [-0.1, -0.05) is 36.4 Å². The van der Waals surface area contributed by atoms with Crippen LogP contribution in [0.1, 0.15) is 27.8 Å². The molecule has 0 aliphatic carbocycles. The highest BCUT2D eigenvalue weighted by Gasteiger charge is 2.25. The molecule has 2 aliphatic heterocycles. The Morgan fingerprint density at radius 3 is 2.50 bits per heavy atom. The molecular weight excluding hydrogens is 402 g/mol. The van der Waals surface area contributed by atoms with Crippen LogP contribution in [0.4, 0.5) is 0 Å². The molecule has 32 heavy (non-hydrogen) atoms. The largest absolute Gasteiger partial charge is 0.493 e. The summed E-state index contributed by atoms with van der Waals surface area (Å²) in [5.74, 6) is 3.29. The third-order valence-electron chi connectivity index (χ3n) is 6.06. The summed E-state index contributed by atoms with van der Waals surface area (Å²) in [5.41, 5.74) is 6.80. The summed E-state index contributed by atoms with van der Waals surface area (Å²) in [4.78, 5) is 2.31. The van der Waals surface area contributed by atoms with Gasteiger partial charge in [0.25, 0.3) is 0 Å². The van der Waals surface area contributed by atoms with E-state index in [1.807, 2.05) is 24.3 Å². The first-order valence-corrected chi connectivity index (χ1v) is 10.8. The minimum absolute atomic E-state index is 0.502. The van der Waals surface area contributed by atoms with E-state index in [0.29, 0.717) is 19.1 Å². The summed E-state index contributed by atoms with van der Waals surface area (Å²) in [6.45, 7) is 4.87. The molecule has 5 rings (SSSR count). The van der Waals surface area contributed by atoms with E-state index in [1.54, 1.807) is 14.2 Å². The normalized spacial score (nSPS) is 15.0. The van der Waals surface area contributed by atoms with Gasteiger partial charge >= 0.3 is 0 Å². The Balaban J connectivity index is 1.45. The van der Waals surface area contributed by atoms with Gasteiger partial charge in [0, 0.05) is 29.8 Å². The van der Waals surface area contributed by atoms with Crippen molar-refractivity contribution in [2.45, 2.75) is 20.0 Å². The standard InChI is InChI=1S/C27H27NO4/c1-18-26-21(12-23(16-31-26)20-9-10-24(29-2)25(13-20)30-3)11-22-15-28(17-32-27(18)22)14-19-7-5-4-6-8-19/h4-13H,14-17H2,1-3H3. The second kappa shape index (κ2) is 8.60. The Kier molecular flexibility index (Phi) is 5.50. The van der Waals surface area contributed by atoms with Crippen LogP contribution in [-0.4, -0.2) is 32.5 Å². The Morgan fingerprint density at radius 2 is 1.72 bits per heavy atom. The zero-order valence-electron chi connectivity index (χ0n) is 18.7. The van der Waals surface area contributed by atoms with Crippen LogP contribution in [0, 0.1) is 6.92 Å². The van der Waals surface area contributed by atoms with Crippen LogP contribution >= 0.6 is 0 Å². The van der Waals surface area contributed by atoms with Crippen molar-refractivity contribution in [1.82, 2.24) is 4.90 Å². The molecule has 0 fully saturated rings. The number of fused-ring (bicyclic) bond motifs is 2. The SMILES string of the molecule is COc1ccc(C2=Cc3cc4c(c(C)c3OC2)OCN(Cc2ccccc2)C4)cc1OC. The van der Waals surface area contributed by atoms with Gasteiger partial charge in [0.1, 0.15) is 24.8 Å². The number of benzene rings is 3. The minimum Gasteiger partial charge on any atom is -0.493 e. The van der Waals surface area contributed by atoms with Gasteiger partial charge in [-0.25, -0.2) is 0 Å². The zero-order valence-corrected chi connectivity index (χ0v) is 18.7. The zero-order chi connectivity index (χ0) is 22.1. The molecule has 0 aromatic heterocycles. The van der Waals surface area contributed by atoms with Crippen LogP contribution in [0.2, 0.25) is 0 Å². The first kappa shape index (κ1) is 20.5. The number of hydrogen-bond acceptors (Lipinski definition) is 5. The molecule has 0 unspecified atom stereocenters. The van der Waals surface area contributed by atoms with Crippen molar-refractivity contribution in [3.63, 3.8) is 0 Å². The van der Waals surface area contributed by atoms with E-state index in [1.165, 1.54) is 11.1 Å². The molecule has 164 valence electrons. The highest BCUT2D eigenvalue weighted by molar-refractivity contribution is 5.87. The second-order valence-corrected chi connectivity index (χ2v) is 8.18. The molecule has 0 radical (unpaired) electrons. The van der Waals surface area contributed by atoms with Gasteiger partial charge in [-0.2, -0.15) is 0 Å². The van der Waals surface area contributed by atoms with E-state index < -0.39 is 0 Å². The predicted octanol–water partition coefficient (Wildman–Crippen LogP) is 5.30. The van der Waals surface area contributed by atoms with E-state index in [4.69, 9.17) is 18.9 Å². The van der Waals surface area contributed by atoms with Gasteiger partial charge in [0.05, 0.1) is 14.2 Å². The number of nitrogens with zero attached hydrogens (tertiary/aromatic N) is 1. The van der Waals surface area contributed by atoms with Crippen molar-refractivity contribution in [2.75, 3.05) is 27.6 Å². The van der Waals surface area contributed by atoms with E-state index >= 15 is 0 Å². The maximum atomic E-state index is 6.21. The van der Waals surface area contributed by atoms with Crippen LogP contribution in [0.5, 0.6) is 23.0 Å². The van der Waals surface area contributed by atoms with Gasteiger partial charge in [-0.05, 0) is 47.9 Å². The third-order valence-corrected chi connectivity index (χ3v) is 6.06. The van der Waals surface area contributed by atoms with E-state index in [2.05, 4.69) is 48.2 Å². The number of methoxy groups -OCH3 is 2. The highest BCUT2D eigenvalue weighted by atomic mass is 16.5. The predicted molar refractivity (Wildman–Crippen MR) is 125 cm³/mol. The maximum absolute atomic E-state index is 6.21. The number of rotatable bonds is 5. The topological polar surface area (TPSA) is 40.2 Å². The Morgan fingerprint density at radius 1 is 0.906 bits per heavy atom. The Labute approximate surface area is 188 Å². The first-order chi connectivity index (χ1) is 15.7. The van der Waals surface area contributed by atoms with Gasteiger partial charge < -0.3 is 18.9 Å². The molecule has 0 atom stereocenters. The molecule has 0 amide bonds. The Bertz CT molecular complexity index is 1170. The van der Waals surface area contributed by atoms with Gasteiger partial charge in [-0.3, -0.25) is 4.90 Å². The number of hydrogen-bond donors (Lipinski definition) is 0. The monoisotopic (exact) mass is 429 g/mol. The smallest absolute Gasteiger partial charge is 0.161 e. The summed E-state index contributed by atoms with van der Waals surface area (Å²) in [5, 5.41) is 0. The van der Waals surface area contributed by atoms with Crippen molar-refractivity contribution in [3.8, 4) is 23.0 Å². The lowest BCUT2D eigenvalue weighted by Crippen LogP contribution is -2.32. The lowest BCUT2D eigenvalue weighted by atomic mass is 9.95. The maximum Gasteiger partial charge on any atom is 0.161 e. The fourth-order valence-electron chi connectivity index (χ4n) is 4.46. The van der Waals surface area contributed by atoms with Crippen molar-refractivity contribution < 1.29 is 18.9 Å². The quantitative estimate of drug-likeness (QED) is 0.551. The molecule has 0 N–H and O–H groups in total. The van der Waals surface area contributed by atoms with Crippen molar-refractivity contribution in [3.05, 3.63) is 82.4 Å². The van der Waals surface area contributed by atoms with Gasteiger partial charge in [0.15, 0.2) is 11.5 Å². The van der Waals surface area contributed by atoms with Gasteiger partial charge in [0.2, 0.25) is 0 Å². The molecule has 2 aliphatic rings. The molecule has 0 spiro atoms. The van der Waals surface area contributed by atoms with Crippen LogP contribution in [-0.2, 0) is 13.1 Å². The summed E-state index contributed by atoms with van der Waals surface area (Å²) in [6, 6.07) is 18.7. The average Bonchev–Trinajstić information content (AvgIpc) is 2.84. The molecule has 0 saturated carbocycles. The molecule has 0 bridgehead atoms. The fraction of sp³-hybridized carbons (Fsp3) is 0.259. The summed E-state index contributed by atoms with van der Waals surface area (Å²) in [7, 11) is 3.30. The van der Waals surface area contributed by atoms with E-state index in [9.17, 15) is 0 Å². The molecule has 2 heterocycles. The molecule has 3 aromatic carbocycles. The van der Waals surface area contributed by atoms with E-state index in [-0.39, 0.29) is 0 Å². The molecular formula is C27H27NO4. The minimum atomic E-state index is 0.502. The highest BCUT2D eigenvalue weighted by Crippen LogP contribution is 2.42. The third kappa shape index (κ3) is 3.80. The molecule has 3 aromatic rings. The summed E-state index contributed by atoms with van der Waals surface area (Å²) >= 11 is 0. The number of ether oxygens (including phenoxy) is 4. The van der Waals surface area contributed by atoms with Crippen molar-refractivity contribution in [2.24, 2.45) is 0 Å². The molecule has 5 heteroatoms. The van der Waals surface area contributed by atoms with E-state index in [0.717, 1.165) is 52.6 Å². The summed E-state index contributed by atoms with van der Waals surface area (Å²) in [6.07, 6.45) is 2.21. The lowest BCUT2D eigenvalue weighted by Gasteiger charge is -2.32. The van der Waals surface area contributed by atoms with Crippen molar-refractivity contribution >= 4 is 11.6 Å². The van der Waals surface area contributed by atoms with Crippen LogP contribution in [0.15, 0.2) is 54.6 Å². The summed E-state index contributed by atoms with van der Waals surface area (Å²) < 4.78 is 23.2.